The quantitative estimate of drug-likeness (QED) is 0.822. The largest absolute Gasteiger partial charge is 0.508 e. The van der Waals surface area contributed by atoms with Gasteiger partial charge in [-0.2, -0.15) is 11.8 Å². The molecule has 0 saturated carbocycles. The first-order valence-electron chi connectivity index (χ1n) is 7.60. The molecular formula is C16H24N2O2S. The third kappa shape index (κ3) is 4.84. The average molecular weight is 308 g/mol. The van der Waals surface area contributed by atoms with Crippen molar-refractivity contribution in [2.75, 3.05) is 31.1 Å². The van der Waals surface area contributed by atoms with Crippen molar-refractivity contribution in [1.82, 2.24) is 10.2 Å². The lowest BCUT2D eigenvalue weighted by molar-refractivity contribution is 0.182. The van der Waals surface area contributed by atoms with Gasteiger partial charge in [-0.05, 0) is 42.2 Å². The van der Waals surface area contributed by atoms with Gasteiger partial charge in [0.25, 0.3) is 0 Å². The number of rotatable bonds is 5. The van der Waals surface area contributed by atoms with Crippen molar-refractivity contribution in [1.29, 1.82) is 0 Å². The molecule has 0 spiro atoms. The first-order valence-corrected chi connectivity index (χ1v) is 8.75. The van der Waals surface area contributed by atoms with Gasteiger partial charge in [0, 0.05) is 25.4 Å². The number of carbonyl (C=O) groups excluding carboxylic acids is 1. The summed E-state index contributed by atoms with van der Waals surface area (Å²) < 4.78 is 0. The molecule has 1 aromatic carbocycles. The standard InChI is InChI=1S/C16H24N2O2S/c1-2-21-11-8-17-16(20)18-9-6-13(7-10-18)14-4-3-5-15(19)12-14/h3-5,12-13,19H,2,6-11H2,1H3,(H,17,20). The maximum Gasteiger partial charge on any atom is 0.317 e. The van der Waals surface area contributed by atoms with Gasteiger partial charge in [0.2, 0.25) is 0 Å². The fourth-order valence-corrected chi connectivity index (χ4v) is 3.22. The lowest BCUT2D eigenvalue weighted by Crippen LogP contribution is -2.44. The number of hydrogen-bond donors (Lipinski definition) is 2. The summed E-state index contributed by atoms with van der Waals surface area (Å²) in [6.45, 7) is 4.43. The topological polar surface area (TPSA) is 52.6 Å². The first kappa shape index (κ1) is 16.0. The Balaban J connectivity index is 1.76. The van der Waals surface area contributed by atoms with Crippen molar-refractivity contribution in [3.63, 3.8) is 0 Å². The normalized spacial score (nSPS) is 16.0. The summed E-state index contributed by atoms with van der Waals surface area (Å²) >= 11 is 1.84. The number of piperidine rings is 1. The van der Waals surface area contributed by atoms with Crippen molar-refractivity contribution < 1.29 is 9.90 Å². The van der Waals surface area contributed by atoms with Crippen molar-refractivity contribution in [3.05, 3.63) is 29.8 Å². The van der Waals surface area contributed by atoms with Gasteiger partial charge in [0.1, 0.15) is 5.75 Å². The molecule has 0 atom stereocenters. The van der Waals surface area contributed by atoms with Gasteiger partial charge in [-0.1, -0.05) is 19.1 Å². The Morgan fingerprint density at radius 2 is 2.19 bits per heavy atom. The summed E-state index contributed by atoms with van der Waals surface area (Å²) in [4.78, 5) is 13.9. The van der Waals surface area contributed by atoms with Gasteiger partial charge >= 0.3 is 6.03 Å². The number of amides is 2. The zero-order valence-corrected chi connectivity index (χ0v) is 13.4. The molecule has 1 aliphatic rings. The van der Waals surface area contributed by atoms with Crippen molar-refractivity contribution in [2.24, 2.45) is 0 Å². The highest BCUT2D eigenvalue weighted by molar-refractivity contribution is 7.99. The summed E-state index contributed by atoms with van der Waals surface area (Å²) in [5.41, 5.74) is 1.18. The second kappa shape index (κ2) is 8.17. The summed E-state index contributed by atoms with van der Waals surface area (Å²) in [5, 5.41) is 12.5. The van der Waals surface area contributed by atoms with Gasteiger partial charge < -0.3 is 15.3 Å². The minimum Gasteiger partial charge on any atom is -0.508 e. The summed E-state index contributed by atoms with van der Waals surface area (Å²) in [7, 11) is 0. The van der Waals surface area contributed by atoms with E-state index in [1.165, 1.54) is 5.56 Å². The lowest BCUT2D eigenvalue weighted by Gasteiger charge is -2.32. The molecule has 1 saturated heterocycles. The van der Waals surface area contributed by atoms with Gasteiger partial charge in [0.05, 0.1) is 0 Å². The summed E-state index contributed by atoms with van der Waals surface area (Å²) in [6.07, 6.45) is 1.92. The highest BCUT2D eigenvalue weighted by atomic mass is 32.2. The Bertz CT molecular complexity index is 459. The fourth-order valence-electron chi connectivity index (χ4n) is 2.68. The Labute approximate surface area is 130 Å². The molecule has 116 valence electrons. The number of benzene rings is 1. The molecule has 0 aliphatic carbocycles. The fraction of sp³-hybridized carbons (Fsp3) is 0.562. The van der Waals surface area contributed by atoms with E-state index in [9.17, 15) is 9.90 Å². The zero-order chi connectivity index (χ0) is 15.1. The molecule has 5 heteroatoms. The van der Waals surface area contributed by atoms with E-state index in [1.54, 1.807) is 6.07 Å². The third-order valence-corrected chi connectivity index (χ3v) is 4.75. The average Bonchev–Trinajstić information content (AvgIpc) is 2.51. The molecule has 4 nitrogen and oxygen atoms in total. The molecule has 0 bridgehead atoms. The molecule has 1 aromatic rings. The van der Waals surface area contributed by atoms with Crippen LogP contribution in [-0.2, 0) is 0 Å². The lowest BCUT2D eigenvalue weighted by atomic mass is 9.89. The number of carbonyl (C=O) groups is 1. The molecule has 21 heavy (non-hydrogen) atoms. The number of likely N-dealkylation sites (tertiary alicyclic amines) is 1. The van der Waals surface area contributed by atoms with Crippen LogP contribution in [0.5, 0.6) is 5.75 Å². The molecule has 1 aliphatic heterocycles. The number of nitrogens with one attached hydrogen (secondary N) is 1. The smallest absolute Gasteiger partial charge is 0.317 e. The van der Waals surface area contributed by atoms with E-state index in [0.717, 1.165) is 44.0 Å². The second-order valence-electron chi connectivity index (χ2n) is 5.29. The molecule has 0 radical (unpaired) electrons. The Hall–Kier alpha value is -1.36. The van der Waals surface area contributed by atoms with Crippen LogP contribution in [0.25, 0.3) is 0 Å². The van der Waals surface area contributed by atoms with Crippen LogP contribution in [0.3, 0.4) is 0 Å². The first-order chi connectivity index (χ1) is 10.2. The maximum atomic E-state index is 12.0. The maximum absolute atomic E-state index is 12.0. The van der Waals surface area contributed by atoms with Crippen LogP contribution in [0, 0.1) is 0 Å². The van der Waals surface area contributed by atoms with Crippen LogP contribution in [0.15, 0.2) is 24.3 Å². The number of hydrogen-bond acceptors (Lipinski definition) is 3. The van der Waals surface area contributed by atoms with Crippen molar-refractivity contribution >= 4 is 17.8 Å². The number of phenolic OH excluding ortho intramolecular Hbond substituents is 1. The minimum absolute atomic E-state index is 0.0565. The van der Waals surface area contributed by atoms with E-state index in [4.69, 9.17) is 0 Å². The van der Waals surface area contributed by atoms with E-state index in [2.05, 4.69) is 18.3 Å². The Morgan fingerprint density at radius 3 is 2.86 bits per heavy atom. The van der Waals surface area contributed by atoms with Crippen molar-refractivity contribution in [2.45, 2.75) is 25.7 Å². The highest BCUT2D eigenvalue weighted by Crippen LogP contribution is 2.29. The summed E-state index contributed by atoms with van der Waals surface area (Å²) in [6, 6.07) is 7.53. The molecule has 2 amide bonds. The molecular weight excluding hydrogens is 284 g/mol. The molecule has 1 fully saturated rings. The van der Waals surface area contributed by atoms with Gasteiger partial charge in [-0.15, -0.1) is 0 Å². The number of urea groups is 1. The number of aromatic hydroxyl groups is 1. The molecule has 1 heterocycles. The van der Waals surface area contributed by atoms with Crippen LogP contribution in [0.1, 0.15) is 31.2 Å². The molecule has 2 rings (SSSR count). The van der Waals surface area contributed by atoms with E-state index in [-0.39, 0.29) is 6.03 Å². The Morgan fingerprint density at radius 1 is 1.43 bits per heavy atom. The minimum atomic E-state index is 0.0565. The Kier molecular flexibility index (Phi) is 6.23. The van der Waals surface area contributed by atoms with Crippen LogP contribution in [-0.4, -0.2) is 47.2 Å². The van der Waals surface area contributed by atoms with E-state index >= 15 is 0 Å². The monoisotopic (exact) mass is 308 g/mol. The van der Waals surface area contributed by atoms with Crippen molar-refractivity contribution in [3.8, 4) is 5.75 Å². The van der Waals surface area contributed by atoms with E-state index in [1.807, 2.05) is 28.8 Å². The van der Waals surface area contributed by atoms with Gasteiger partial charge in [-0.3, -0.25) is 0 Å². The number of phenols is 1. The third-order valence-electron chi connectivity index (χ3n) is 3.85. The molecule has 0 aromatic heterocycles. The van der Waals surface area contributed by atoms with Crippen LogP contribution in [0.2, 0.25) is 0 Å². The van der Waals surface area contributed by atoms with Gasteiger partial charge in [-0.25, -0.2) is 4.79 Å². The SMILES string of the molecule is CCSCCNC(=O)N1CCC(c2cccc(O)c2)CC1. The second-order valence-corrected chi connectivity index (χ2v) is 6.68. The van der Waals surface area contributed by atoms with Gasteiger partial charge in [0.15, 0.2) is 0 Å². The van der Waals surface area contributed by atoms with Crippen LogP contribution in [0.4, 0.5) is 4.79 Å². The van der Waals surface area contributed by atoms with E-state index < -0.39 is 0 Å². The summed E-state index contributed by atoms with van der Waals surface area (Å²) in [5.74, 6) is 2.82. The van der Waals surface area contributed by atoms with E-state index in [0.29, 0.717) is 11.7 Å². The number of nitrogens with zero attached hydrogens (tertiary/aromatic N) is 1. The highest BCUT2D eigenvalue weighted by Gasteiger charge is 2.23. The van der Waals surface area contributed by atoms with Crippen LogP contribution < -0.4 is 5.32 Å². The van der Waals surface area contributed by atoms with Crippen LogP contribution >= 0.6 is 11.8 Å². The zero-order valence-electron chi connectivity index (χ0n) is 12.5. The number of thioether (sulfide) groups is 1. The molecule has 0 unspecified atom stereocenters. The predicted octanol–water partition coefficient (Wildman–Crippen LogP) is 3.03. The predicted molar refractivity (Wildman–Crippen MR) is 88.1 cm³/mol. The molecule has 2 N–H and O–H groups in total.